The molecule has 4 aromatic rings. The van der Waals surface area contributed by atoms with Gasteiger partial charge in [0.15, 0.2) is 5.65 Å². The van der Waals surface area contributed by atoms with Crippen molar-refractivity contribution in [2.75, 3.05) is 0 Å². The average Bonchev–Trinajstić information content (AvgIpc) is 3.36. The second-order valence-corrected chi connectivity index (χ2v) is 9.13. The lowest BCUT2D eigenvalue weighted by Gasteiger charge is -2.36. The Hall–Kier alpha value is -3.07. The van der Waals surface area contributed by atoms with Gasteiger partial charge in [-0.3, -0.25) is 9.51 Å². The van der Waals surface area contributed by atoms with Gasteiger partial charge < -0.3 is 4.57 Å². The molecule has 0 spiro atoms. The zero-order valence-electron chi connectivity index (χ0n) is 17.3. The van der Waals surface area contributed by atoms with E-state index >= 15 is 0 Å². The number of pyridine rings is 1. The van der Waals surface area contributed by atoms with Crippen LogP contribution in [0.2, 0.25) is 5.15 Å². The van der Waals surface area contributed by atoms with Crippen molar-refractivity contribution in [3.05, 3.63) is 40.4 Å². The molecule has 1 aliphatic carbocycles. The Morgan fingerprint density at radius 3 is 2.81 bits per heavy atom. The molecule has 1 fully saturated rings. The van der Waals surface area contributed by atoms with Crippen LogP contribution in [0.5, 0.6) is 0 Å². The lowest BCUT2D eigenvalue weighted by Crippen LogP contribution is -2.28. The molecule has 31 heavy (non-hydrogen) atoms. The van der Waals surface area contributed by atoms with E-state index in [1.54, 1.807) is 12.3 Å². The lowest BCUT2D eigenvalue weighted by atomic mass is 9.72. The molecule has 4 aromatic heterocycles. The summed E-state index contributed by atoms with van der Waals surface area (Å²) in [5.41, 5.74) is 2.95. The second kappa shape index (κ2) is 7.56. The van der Waals surface area contributed by atoms with Crippen molar-refractivity contribution in [3.63, 3.8) is 0 Å². The highest BCUT2D eigenvalue weighted by Gasteiger charge is 2.31. The molecule has 0 saturated heterocycles. The van der Waals surface area contributed by atoms with Crippen LogP contribution in [-0.2, 0) is 6.54 Å². The van der Waals surface area contributed by atoms with Crippen molar-refractivity contribution in [2.45, 2.75) is 46.1 Å². The predicted molar refractivity (Wildman–Crippen MR) is 115 cm³/mol. The minimum absolute atomic E-state index is 0.149. The third-order valence-corrected chi connectivity index (χ3v) is 6.36. The number of aromatic amines is 1. The van der Waals surface area contributed by atoms with Gasteiger partial charge in [0, 0.05) is 18.3 Å². The van der Waals surface area contributed by atoms with E-state index in [0.29, 0.717) is 16.5 Å². The predicted octanol–water partition coefficient (Wildman–Crippen LogP) is 4.10. The monoisotopic (exact) mass is 439 g/mol. The molecular weight excluding hydrogens is 418 g/mol. The van der Waals surface area contributed by atoms with Crippen LogP contribution in [0.3, 0.4) is 0 Å². The highest BCUT2D eigenvalue weighted by Crippen LogP contribution is 2.41. The molecule has 5 rings (SSSR count). The minimum Gasteiger partial charge on any atom is -0.327 e. The zero-order chi connectivity index (χ0) is 21.6. The fraction of sp³-hybridized carbons (Fsp3) is 0.429. The summed E-state index contributed by atoms with van der Waals surface area (Å²) in [7, 11) is 0. The molecule has 0 bridgehead atoms. The van der Waals surface area contributed by atoms with Gasteiger partial charge in [0.25, 0.3) is 0 Å². The number of halogens is 1. The van der Waals surface area contributed by atoms with Crippen molar-refractivity contribution in [1.29, 1.82) is 0 Å². The van der Waals surface area contributed by atoms with Crippen molar-refractivity contribution in [2.24, 2.45) is 11.3 Å². The zero-order valence-corrected chi connectivity index (χ0v) is 18.1. The van der Waals surface area contributed by atoms with E-state index in [-0.39, 0.29) is 17.1 Å². The Bertz CT molecular complexity index is 1300. The molecule has 0 amide bonds. The summed E-state index contributed by atoms with van der Waals surface area (Å²) in [6.45, 7) is 5.48. The topological polar surface area (TPSA) is 115 Å². The number of nitrogens with zero attached hydrogens (tertiary/aromatic N) is 6. The number of rotatable bonds is 4. The second-order valence-electron chi connectivity index (χ2n) is 8.74. The third kappa shape index (κ3) is 3.85. The number of aromatic nitrogens is 7. The average molecular weight is 440 g/mol. The van der Waals surface area contributed by atoms with Crippen LogP contribution in [0.25, 0.3) is 34.1 Å². The molecule has 10 heteroatoms. The van der Waals surface area contributed by atoms with E-state index in [4.69, 9.17) is 16.6 Å². The maximum Gasteiger partial charge on any atom is 0.439 e. The fourth-order valence-corrected chi connectivity index (χ4v) is 4.48. The fourth-order valence-electron chi connectivity index (χ4n) is 4.31. The molecule has 1 N–H and O–H groups in total. The first kappa shape index (κ1) is 19.9. The van der Waals surface area contributed by atoms with Gasteiger partial charge in [-0.2, -0.15) is 0 Å². The maximum atomic E-state index is 11.4. The Labute approximate surface area is 182 Å². The highest BCUT2D eigenvalue weighted by atomic mass is 35.5. The number of H-pyrrole nitrogens is 1. The summed E-state index contributed by atoms with van der Waals surface area (Å²) in [5.74, 6) is 0.482. The van der Waals surface area contributed by atoms with Crippen LogP contribution in [0.15, 0.2) is 34.0 Å². The molecule has 0 radical (unpaired) electrons. The number of hydrogen-bond donors (Lipinski definition) is 1. The largest absolute Gasteiger partial charge is 0.439 e. The van der Waals surface area contributed by atoms with Crippen LogP contribution in [-0.4, -0.2) is 34.6 Å². The maximum absolute atomic E-state index is 11.4. The smallest absolute Gasteiger partial charge is 0.327 e. The van der Waals surface area contributed by atoms with Gasteiger partial charge in [-0.25, -0.2) is 24.7 Å². The van der Waals surface area contributed by atoms with Crippen LogP contribution in [0.1, 0.15) is 39.5 Å². The Balaban J connectivity index is 1.66. The first-order valence-electron chi connectivity index (χ1n) is 10.3. The van der Waals surface area contributed by atoms with Gasteiger partial charge in [0.1, 0.15) is 16.4 Å². The van der Waals surface area contributed by atoms with Crippen molar-refractivity contribution in [3.8, 4) is 22.9 Å². The minimum atomic E-state index is -0.669. The number of fused-ring (bicyclic) bond motifs is 1. The van der Waals surface area contributed by atoms with Gasteiger partial charge in [0.2, 0.25) is 11.6 Å². The molecule has 9 nitrogen and oxygen atoms in total. The summed E-state index contributed by atoms with van der Waals surface area (Å²) in [6.07, 6.45) is 8.25. The summed E-state index contributed by atoms with van der Waals surface area (Å²) in [4.78, 5) is 31.8. The molecule has 1 saturated carbocycles. The molecule has 1 aliphatic rings. The van der Waals surface area contributed by atoms with Gasteiger partial charge in [-0.15, -0.1) is 0 Å². The standard InChI is InChI=1S/C21H22ClN7O2/c1-12-3-6-21(2,7-4-12)10-29-11-24-17-16(29)15(13-5-8-23-14(22)9-13)25-18(26-17)19-27-20(30)31-28-19/h5,8-9,11-12H,3-4,6-7,10H2,1-2H3,(H,27,28,30). The summed E-state index contributed by atoms with van der Waals surface area (Å²) in [5, 5.41) is 4.08. The normalized spacial score (nSPS) is 21.6. The summed E-state index contributed by atoms with van der Waals surface area (Å²) in [6, 6.07) is 3.59. The van der Waals surface area contributed by atoms with Crippen LogP contribution >= 0.6 is 11.6 Å². The SMILES string of the molecule is CC1CCC(C)(Cn2cnc3nc(-c4noc(=O)[nH]4)nc(-c4ccnc(Cl)c4)c32)CC1. The van der Waals surface area contributed by atoms with Crippen molar-refractivity contribution >= 4 is 22.8 Å². The molecule has 160 valence electrons. The highest BCUT2D eigenvalue weighted by molar-refractivity contribution is 6.29. The number of imidazole rings is 1. The third-order valence-electron chi connectivity index (χ3n) is 6.16. The Morgan fingerprint density at radius 1 is 1.29 bits per heavy atom. The van der Waals surface area contributed by atoms with Crippen LogP contribution in [0, 0.1) is 11.3 Å². The van der Waals surface area contributed by atoms with E-state index in [1.807, 2.05) is 12.4 Å². The molecular formula is C21H22ClN7O2. The Kier molecular flexibility index (Phi) is 4.85. The van der Waals surface area contributed by atoms with Gasteiger partial charge in [-0.05, 0) is 36.3 Å². The van der Waals surface area contributed by atoms with E-state index in [2.05, 4.69) is 48.0 Å². The van der Waals surface area contributed by atoms with E-state index < -0.39 is 5.76 Å². The van der Waals surface area contributed by atoms with E-state index in [9.17, 15) is 4.79 Å². The Morgan fingerprint density at radius 2 is 2.10 bits per heavy atom. The molecule has 0 aromatic carbocycles. The molecule has 4 heterocycles. The quantitative estimate of drug-likeness (QED) is 0.476. The van der Waals surface area contributed by atoms with E-state index in [0.717, 1.165) is 23.5 Å². The first-order chi connectivity index (χ1) is 14.9. The van der Waals surface area contributed by atoms with Crippen molar-refractivity contribution in [1.82, 2.24) is 34.6 Å². The first-order valence-corrected chi connectivity index (χ1v) is 10.7. The van der Waals surface area contributed by atoms with Crippen LogP contribution < -0.4 is 5.76 Å². The molecule has 0 aliphatic heterocycles. The van der Waals surface area contributed by atoms with Crippen LogP contribution in [0.4, 0.5) is 0 Å². The lowest BCUT2D eigenvalue weighted by molar-refractivity contribution is 0.153. The number of hydrogen-bond acceptors (Lipinski definition) is 7. The molecule has 0 atom stereocenters. The molecule has 0 unspecified atom stereocenters. The number of nitrogens with one attached hydrogen (secondary N) is 1. The summed E-state index contributed by atoms with van der Waals surface area (Å²) >= 11 is 6.16. The van der Waals surface area contributed by atoms with Gasteiger partial charge >= 0.3 is 5.76 Å². The van der Waals surface area contributed by atoms with Gasteiger partial charge in [-0.1, -0.05) is 43.4 Å². The van der Waals surface area contributed by atoms with Crippen molar-refractivity contribution < 1.29 is 4.52 Å². The van der Waals surface area contributed by atoms with Gasteiger partial charge in [0.05, 0.1) is 6.33 Å². The van der Waals surface area contributed by atoms with E-state index in [1.165, 1.54) is 25.7 Å². The summed E-state index contributed by atoms with van der Waals surface area (Å²) < 4.78 is 6.75.